The van der Waals surface area contributed by atoms with E-state index in [1.165, 1.54) is 15.6 Å². The molecule has 114 valence electrons. The van der Waals surface area contributed by atoms with Crippen molar-refractivity contribution in [1.29, 1.82) is 0 Å². The smallest absolute Gasteiger partial charge is 0.245 e. The molecule has 1 aromatic heterocycles. The van der Waals surface area contributed by atoms with Crippen LogP contribution in [0, 0.1) is 0 Å². The number of thiophene rings is 1. The first-order valence-electron chi connectivity index (χ1n) is 6.57. The van der Waals surface area contributed by atoms with Gasteiger partial charge in [-0.3, -0.25) is 0 Å². The Labute approximate surface area is 134 Å². The van der Waals surface area contributed by atoms with Crippen LogP contribution in [-0.2, 0) is 16.6 Å². The van der Waals surface area contributed by atoms with Crippen molar-refractivity contribution in [2.75, 3.05) is 19.6 Å². The lowest BCUT2D eigenvalue weighted by Gasteiger charge is -2.18. The minimum absolute atomic E-state index is 0.324. The standard InChI is InChI=1S/C13H21BrN2O2S2/c1-4-7-15-10-11-9-12(13(14)19-11)20(17,18)16(6-3)8-5-2/h5,9,15H,2,4,6-8,10H2,1,3H3. The predicted molar refractivity (Wildman–Crippen MR) is 88.6 cm³/mol. The lowest BCUT2D eigenvalue weighted by Crippen LogP contribution is -2.30. The fourth-order valence-electron chi connectivity index (χ4n) is 1.73. The maximum absolute atomic E-state index is 12.6. The first-order chi connectivity index (χ1) is 9.47. The van der Waals surface area contributed by atoms with E-state index < -0.39 is 10.0 Å². The highest BCUT2D eigenvalue weighted by atomic mass is 79.9. The summed E-state index contributed by atoms with van der Waals surface area (Å²) in [7, 11) is -3.46. The maximum Gasteiger partial charge on any atom is 0.245 e. The molecule has 0 aromatic carbocycles. The number of sulfonamides is 1. The molecule has 0 radical (unpaired) electrons. The fourth-order valence-corrected chi connectivity index (χ4v) is 5.75. The van der Waals surface area contributed by atoms with Crippen molar-refractivity contribution in [2.24, 2.45) is 0 Å². The number of likely N-dealkylation sites (N-methyl/N-ethyl adjacent to an activating group) is 1. The van der Waals surface area contributed by atoms with E-state index in [1.807, 2.05) is 6.92 Å². The Balaban J connectivity index is 2.97. The van der Waals surface area contributed by atoms with E-state index >= 15 is 0 Å². The van der Waals surface area contributed by atoms with Crippen LogP contribution in [0.15, 0.2) is 27.4 Å². The van der Waals surface area contributed by atoms with Crippen molar-refractivity contribution >= 4 is 37.3 Å². The van der Waals surface area contributed by atoms with Crippen LogP contribution in [-0.4, -0.2) is 32.4 Å². The van der Waals surface area contributed by atoms with E-state index in [2.05, 4.69) is 34.7 Å². The first-order valence-corrected chi connectivity index (χ1v) is 9.62. The fraction of sp³-hybridized carbons (Fsp3) is 0.538. The molecule has 0 bridgehead atoms. The van der Waals surface area contributed by atoms with Crippen LogP contribution >= 0.6 is 27.3 Å². The zero-order valence-corrected chi connectivity index (χ0v) is 15.1. The molecule has 0 saturated carbocycles. The van der Waals surface area contributed by atoms with Crippen LogP contribution in [0.25, 0.3) is 0 Å². The summed E-state index contributed by atoms with van der Waals surface area (Å²) in [6.45, 7) is 9.91. The monoisotopic (exact) mass is 380 g/mol. The molecule has 7 heteroatoms. The molecule has 0 aliphatic heterocycles. The summed E-state index contributed by atoms with van der Waals surface area (Å²) in [5, 5.41) is 3.28. The maximum atomic E-state index is 12.6. The van der Waals surface area contributed by atoms with Gasteiger partial charge >= 0.3 is 0 Å². The number of nitrogens with one attached hydrogen (secondary N) is 1. The van der Waals surface area contributed by atoms with E-state index in [1.54, 1.807) is 12.1 Å². The van der Waals surface area contributed by atoms with Gasteiger partial charge in [0.15, 0.2) is 0 Å². The Morgan fingerprint density at radius 3 is 2.75 bits per heavy atom. The van der Waals surface area contributed by atoms with Gasteiger partial charge in [0, 0.05) is 24.5 Å². The van der Waals surface area contributed by atoms with E-state index in [4.69, 9.17) is 0 Å². The quantitative estimate of drug-likeness (QED) is 0.528. The van der Waals surface area contributed by atoms with Crippen LogP contribution in [0.1, 0.15) is 25.1 Å². The molecule has 0 unspecified atom stereocenters. The lowest BCUT2D eigenvalue weighted by molar-refractivity contribution is 0.460. The molecule has 20 heavy (non-hydrogen) atoms. The molecule has 0 fully saturated rings. The average Bonchev–Trinajstić information content (AvgIpc) is 2.78. The molecule has 0 aliphatic carbocycles. The van der Waals surface area contributed by atoms with E-state index in [0.717, 1.165) is 17.8 Å². The average molecular weight is 381 g/mol. The molecule has 1 rings (SSSR count). The number of hydrogen-bond donors (Lipinski definition) is 1. The van der Waals surface area contributed by atoms with Crippen molar-refractivity contribution in [3.05, 3.63) is 27.4 Å². The lowest BCUT2D eigenvalue weighted by atomic mass is 10.4. The predicted octanol–water partition coefficient (Wildman–Crippen LogP) is 3.21. The normalized spacial score (nSPS) is 12.0. The highest BCUT2D eigenvalue weighted by Crippen LogP contribution is 2.33. The summed E-state index contributed by atoms with van der Waals surface area (Å²) < 4.78 is 27.2. The SMILES string of the molecule is C=CCN(CC)S(=O)(=O)c1cc(CNCCC)sc1Br. The van der Waals surface area contributed by atoms with Crippen molar-refractivity contribution in [1.82, 2.24) is 9.62 Å². The summed E-state index contributed by atoms with van der Waals surface area (Å²) >= 11 is 4.83. The Morgan fingerprint density at radius 2 is 2.20 bits per heavy atom. The van der Waals surface area contributed by atoms with Crippen LogP contribution < -0.4 is 5.32 Å². The third-order valence-corrected chi connectivity index (χ3v) is 6.93. The first kappa shape index (κ1) is 17.8. The van der Waals surface area contributed by atoms with Crippen molar-refractivity contribution in [2.45, 2.75) is 31.7 Å². The Hall–Kier alpha value is -0.210. The van der Waals surface area contributed by atoms with Gasteiger partial charge < -0.3 is 5.32 Å². The molecule has 1 aromatic rings. The second kappa shape index (κ2) is 8.29. The van der Waals surface area contributed by atoms with Gasteiger partial charge in [0.25, 0.3) is 0 Å². The van der Waals surface area contributed by atoms with Gasteiger partial charge in [-0.1, -0.05) is 19.9 Å². The van der Waals surface area contributed by atoms with E-state index in [0.29, 0.717) is 28.3 Å². The van der Waals surface area contributed by atoms with Gasteiger partial charge in [-0.15, -0.1) is 17.9 Å². The van der Waals surface area contributed by atoms with Crippen LogP contribution in [0.4, 0.5) is 0 Å². The third-order valence-electron chi connectivity index (χ3n) is 2.74. The van der Waals surface area contributed by atoms with Crippen LogP contribution in [0.3, 0.4) is 0 Å². The highest BCUT2D eigenvalue weighted by Gasteiger charge is 2.26. The van der Waals surface area contributed by atoms with Crippen molar-refractivity contribution in [3.8, 4) is 0 Å². The highest BCUT2D eigenvalue weighted by molar-refractivity contribution is 9.11. The molecule has 0 spiro atoms. The summed E-state index contributed by atoms with van der Waals surface area (Å²) in [4.78, 5) is 1.36. The molecule has 0 amide bonds. The number of rotatable bonds is 9. The minimum atomic E-state index is -3.46. The zero-order valence-electron chi connectivity index (χ0n) is 11.9. The second-order valence-corrected chi connectivity index (χ2v) is 8.63. The van der Waals surface area contributed by atoms with Gasteiger partial charge in [-0.05, 0) is 35.0 Å². The molecule has 0 atom stereocenters. The van der Waals surface area contributed by atoms with Gasteiger partial charge in [0.05, 0.1) is 3.79 Å². The Kier molecular flexibility index (Phi) is 7.39. The van der Waals surface area contributed by atoms with Crippen LogP contribution in [0.2, 0.25) is 0 Å². The second-order valence-electron chi connectivity index (χ2n) is 4.27. The van der Waals surface area contributed by atoms with Gasteiger partial charge in [-0.2, -0.15) is 4.31 Å². The van der Waals surface area contributed by atoms with Gasteiger partial charge in [-0.25, -0.2) is 8.42 Å². The molecule has 4 nitrogen and oxygen atoms in total. The summed E-state index contributed by atoms with van der Waals surface area (Å²) in [5.74, 6) is 0. The van der Waals surface area contributed by atoms with Gasteiger partial charge in [0.2, 0.25) is 10.0 Å². The van der Waals surface area contributed by atoms with Crippen molar-refractivity contribution in [3.63, 3.8) is 0 Å². The van der Waals surface area contributed by atoms with Gasteiger partial charge in [0.1, 0.15) is 4.90 Å². The molecule has 0 aliphatic rings. The molecular weight excluding hydrogens is 360 g/mol. The third kappa shape index (κ3) is 4.39. The van der Waals surface area contributed by atoms with Crippen LogP contribution in [0.5, 0.6) is 0 Å². The Morgan fingerprint density at radius 1 is 1.50 bits per heavy atom. The molecule has 1 heterocycles. The Bertz CT molecular complexity index is 541. The molecular formula is C13H21BrN2O2S2. The topological polar surface area (TPSA) is 49.4 Å². The minimum Gasteiger partial charge on any atom is -0.312 e. The molecule has 1 N–H and O–H groups in total. The summed E-state index contributed by atoms with van der Waals surface area (Å²) in [6, 6.07) is 1.75. The number of hydrogen-bond acceptors (Lipinski definition) is 4. The summed E-state index contributed by atoms with van der Waals surface area (Å²) in [5.41, 5.74) is 0. The summed E-state index contributed by atoms with van der Waals surface area (Å²) in [6.07, 6.45) is 2.66. The number of halogens is 1. The van der Waals surface area contributed by atoms with Crippen molar-refractivity contribution < 1.29 is 8.42 Å². The zero-order chi connectivity index (χ0) is 15.2. The molecule has 0 saturated heterocycles. The van der Waals surface area contributed by atoms with E-state index in [-0.39, 0.29) is 0 Å². The van der Waals surface area contributed by atoms with E-state index in [9.17, 15) is 8.42 Å². The number of nitrogens with zero attached hydrogens (tertiary/aromatic N) is 1. The largest absolute Gasteiger partial charge is 0.312 e.